The monoisotopic (exact) mass is 626 g/mol. The van der Waals surface area contributed by atoms with E-state index in [1.54, 1.807) is 0 Å². The van der Waals surface area contributed by atoms with Crippen LogP contribution in [0.2, 0.25) is 0 Å². The summed E-state index contributed by atoms with van der Waals surface area (Å²) in [5.74, 6) is -0.964. The van der Waals surface area contributed by atoms with Gasteiger partial charge in [0.1, 0.15) is 23.8 Å². The Morgan fingerprint density at radius 3 is 1.65 bits per heavy atom. The highest BCUT2D eigenvalue weighted by Crippen LogP contribution is 2.30. The van der Waals surface area contributed by atoms with Crippen molar-refractivity contribution in [2.24, 2.45) is 0 Å². The lowest BCUT2D eigenvalue weighted by molar-refractivity contribution is -0.200. The average Bonchev–Trinajstić information content (AvgIpc) is 3.63. The Morgan fingerprint density at radius 1 is 0.652 bits per heavy atom. The van der Waals surface area contributed by atoms with Gasteiger partial charge in [0, 0.05) is 43.5 Å². The molecule has 4 aromatic rings. The highest BCUT2D eigenvalue weighted by molar-refractivity contribution is 5.49. The summed E-state index contributed by atoms with van der Waals surface area (Å²) in [5, 5.41) is 0. The fourth-order valence-corrected chi connectivity index (χ4v) is 6.63. The lowest BCUT2D eigenvalue weighted by Gasteiger charge is -2.47. The second-order valence-electron chi connectivity index (χ2n) is 12.4. The van der Waals surface area contributed by atoms with Crippen molar-refractivity contribution < 1.29 is 23.0 Å². The molecule has 0 bridgehead atoms. The molecule has 2 aliphatic rings. The number of ether oxygens (including phenoxy) is 3. The molecule has 4 atom stereocenters. The number of halogens is 2. The summed E-state index contributed by atoms with van der Waals surface area (Å²) in [5.41, 5.74) is 3.96. The van der Waals surface area contributed by atoms with Gasteiger partial charge in [-0.1, -0.05) is 91.0 Å². The third-order valence-electron chi connectivity index (χ3n) is 9.28. The molecule has 0 aliphatic carbocycles. The van der Waals surface area contributed by atoms with Crippen LogP contribution in [0.1, 0.15) is 42.0 Å². The number of hydrogen-bond donors (Lipinski definition) is 0. The Hall–Kier alpha value is -3.62. The summed E-state index contributed by atoms with van der Waals surface area (Å²) in [6.07, 6.45) is 1.32. The van der Waals surface area contributed by atoms with Crippen molar-refractivity contribution in [1.82, 2.24) is 4.90 Å². The molecule has 7 heteroatoms. The first-order valence-electron chi connectivity index (χ1n) is 16.5. The minimum atomic E-state index is -0.482. The molecule has 0 aromatic heterocycles. The number of likely N-dealkylation sites (tertiary alicyclic amines) is 1. The van der Waals surface area contributed by atoms with Crippen LogP contribution >= 0.6 is 0 Å². The molecule has 0 radical (unpaired) electrons. The lowest BCUT2D eigenvalue weighted by atomic mass is 9.93. The zero-order chi connectivity index (χ0) is 31.7. The van der Waals surface area contributed by atoms with Crippen LogP contribution in [0.5, 0.6) is 0 Å². The van der Waals surface area contributed by atoms with Crippen LogP contribution in [-0.2, 0) is 40.5 Å². The van der Waals surface area contributed by atoms with Gasteiger partial charge in [-0.25, -0.2) is 8.78 Å². The van der Waals surface area contributed by atoms with Crippen molar-refractivity contribution in [3.8, 4) is 0 Å². The second kappa shape index (κ2) is 15.8. The Balaban J connectivity index is 1.23. The van der Waals surface area contributed by atoms with Crippen molar-refractivity contribution in [3.63, 3.8) is 0 Å². The Morgan fingerprint density at radius 2 is 1.13 bits per heavy atom. The van der Waals surface area contributed by atoms with E-state index in [0.717, 1.165) is 42.6 Å². The van der Waals surface area contributed by atoms with Crippen molar-refractivity contribution in [2.45, 2.75) is 70.4 Å². The molecule has 2 heterocycles. The summed E-state index contributed by atoms with van der Waals surface area (Å²) in [6, 6.07) is 33.2. The van der Waals surface area contributed by atoms with Gasteiger partial charge in [0.2, 0.25) is 0 Å². The molecule has 0 saturated carbocycles. The molecule has 0 spiro atoms. The number of rotatable bonds is 13. The van der Waals surface area contributed by atoms with E-state index >= 15 is 8.78 Å². The van der Waals surface area contributed by atoms with Crippen LogP contribution in [0.25, 0.3) is 0 Å². The van der Waals surface area contributed by atoms with Crippen molar-refractivity contribution in [2.75, 3.05) is 31.1 Å². The van der Waals surface area contributed by atoms with Gasteiger partial charge >= 0.3 is 0 Å². The Labute approximate surface area is 271 Å². The predicted octanol–water partition coefficient (Wildman–Crippen LogP) is 7.57. The predicted molar refractivity (Wildman–Crippen MR) is 178 cm³/mol. The zero-order valence-electron chi connectivity index (χ0n) is 26.6. The normalized spacial score (nSPS) is 21.9. The molecule has 2 saturated heterocycles. The Kier molecular flexibility index (Phi) is 11.1. The fourth-order valence-electron chi connectivity index (χ4n) is 6.63. The quantitative estimate of drug-likeness (QED) is 0.153. The van der Waals surface area contributed by atoms with E-state index in [-0.39, 0.29) is 36.3 Å². The summed E-state index contributed by atoms with van der Waals surface area (Å²) in [4.78, 5) is 4.29. The first-order chi connectivity index (χ1) is 22.5. The van der Waals surface area contributed by atoms with Gasteiger partial charge in [-0.15, -0.1) is 0 Å². The number of benzene rings is 4. The molecule has 6 rings (SSSR count). The molecule has 46 heavy (non-hydrogen) atoms. The van der Waals surface area contributed by atoms with Crippen LogP contribution in [0, 0.1) is 11.6 Å². The van der Waals surface area contributed by atoms with E-state index < -0.39 is 11.6 Å². The van der Waals surface area contributed by atoms with Crippen LogP contribution in [0.3, 0.4) is 0 Å². The van der Waals surface area contributed by atoms with Gasteiger partial charge in [-0.3, -0.25) is 4.90 Å². The smallest absolute Gasteiger partial charge is 0.131 e. The van der Waals surface area contributed by atoms with Crippen LogP contribution in [0.15, 0.2) is 103 Å². The number of piperidine rings is 1. The first-order valence-corrected chi connectivity index (χ1v) is 16.5. The minimum Gasteiger partial charge on any atom is -0.371 e. The molecular formula is C39H44F2N2O3. The standard InChI is InChI=1S/C39H44F2N2O3/c1-29-38(45-27-31-15-7-3-8-16-31)39(46-28-32-17-9-4-10-18-32)37(44-26-30-13-5-2-6-14-30)25-43(29)22-19-34-35(40)23-33(24-36(34)41)42-20-11-12-21-42/h2-10,13-18,23-24,29,37-39H,11-12,19-22,25-28H2,1H3/t29-,37+,38-,39-/m1/s1. The zero-order valence-corrected chi connectivity index (χ0v) is 26.6. The van der Waals surface area contributed by atoms with Crippen LogP contribution in [-0.4, -0.2) is 55.4 Å². The highest BCUT2D eigenvalue weighted by Gasteiger charge is 2.44. The highest BCUT2D eigenvalue weighted by atomic mass is 19.1. The van der Waals surface area contributed by atoms with Gasteiger partial charge in [0.05, 0.1) is 25.9 Å². The second-order valence-corrected chi connectivity index (χ2v) is 12.4. The van der Waals surface area contributed by atoms with Gasteiger partial charge in [0.25, 0.3) is 0 Å². The van der Waals surface area contributed by atoms with Gasteiger partial charge < -0.3 is 19.1 Å². The lowest BCUT2D eigenvalue weighted by Crippen LogP contribution is -2.62. The van der Waals surface area contributed by atoms with E-state index in [4.69, 9.17) is 14.2 Å². The summed E-state index contributed by atoms with van der Waals surface area (Å²) < 4.78 is 50.6. The Bertz CT molecular complexity index is 1480. The molecule has 0 N–H and O–H groups in total. The fraction of sp³-hybridized carbons (Fsp3) is 0.385. The maximum absolute atomic E-state index is 15.4. The van der Waals surface area contributed by atoms with E-state index in [0.29, 0.717) is 38.6 Å². The first kappa shape index (κ1) is 32.3. The van der Waals surface area contributed by atoms with E-state index in [9.17, 15) is 0 Å². The third kappa shape index (κ3) is 8.20. The van der Waals surface area contributed by atoms with Crippen LogP contribution < -0.4 is 4.90 Å². The number of anilines is 1. The minimum absolute atomic E-state index is 0.0870. The van der Waals surface area contributed by atoms with Crippen LogP contribution in [0.4, 0.5) is 14.5 Å². The average molecular weight is 627 g/mol. The van der Waals surface area contributed by atoms with Crippen molar-refractivity contribution in [1.29, 1.82) is 0 Å². The number of hydrogen-bond acceptors (Lipinski definition) is 5. The molecule has 0 unspecified atom stereocenters. The van der Waals surface area contributed by atoms with Gasteiger partial charge in [0.15, 0.2) is 0 Å². The van der Waals surface area contributed by atoms with E-state index in [2.05, 4.69) is 28.9 Å². The molecule has 5 nitrogen and oxygen atoms in total. The van der Waals surface area contributed by atoms with E-state index in [1.165, 1.54) is 12.1 Å². The third-order valence-corrected chi connectivity index (χ3v) is 9.28. The maximum atomic E-state index is 15.4. The largest absolute Gasteiger partial charge is 0.371 e. The SMILES string of the molecule is C[C@@H]1[C@@H](OCc2ccccc2)[C@H](OCc2ccccc2)[C@@H](OCc2ccccc2)CN1CCc1c(F)cc(N2CCCC2)cc1F. The topological polar surface area (TPSA) is 34.2 Å². The summed E-state index contributed by atoms with van der Waals surface area (Å²) in [6.45, 7) is 6.07. The van der Waals surface area contributed by atoms with Crippen molar-refractivity contribution in [3.05, 3.63) is 137 Å². The van der Waals surface area contributed by atoms with Gasteiger partial charge in [-0.05, 0) is 55.0 Å². The molecule has 2 aliphatic heterocycles. The summed E-state index contributed by atoms with van der Waals surface area (Å²) >= 11 is 0. The molecule has 2 fully saturated rings. The molecule has 242 valence electrons. The van der Waals surface area contributed by atoms with Crippen molar-refractivity contribution >= 4 is 5.69 Å². The molecule has 0 amide bonds. The van der Waals surface area contributed by atoms with Gasteiger partial charge in [-0.2, -0.15) is 0 Å². The molecule has 4 aromatic carbocycles. The van der Waals surface area contributed by atoms with E-state index in [1.807, 2.05) is 78.9 Å². The maximum Gasteiger partial charge on any atom is 0.131 e. The summed E-state index contributed by atoms with van der Waals surface area (Å²) in [7, 11) is 0. The number of nitrogens with zero attached hydrogens (tertiary/aromatic N) is 2. The molecular weight excluding hydrogens is 582 g/mol.